The minimum absolute atomic E-state index is 0. The second-order valence-corrected chi connectivity index (χ2v) is 10.5. The largest absolute Gasteiger partial charge is 0.747 e. The molecule has 0 amide bonds. The molecule has 0 spiro atoms. The predicted octanol–water partition coefficient (Wildman–Crippen LogP) is 5.87. The van der Waals surface area contributed by atoms with Crippen LogP contribution < -0.4 is 0 Å². The number of alkyl halides is 3. The fourth-order valence-corrected chi connectivity index (χ4v) is 2.01. The standard InChI is InChI=1S/C6H4Br3.C5H4Br.Fe/c7-6(8,9)5-3-1-2-4-5;6-5-3-1-2-4-5;/h1-4H;1-4H;/q-1;-5;. The number of hydrogen-bond donors (Lipinski definition) is 0. The van der Waals surface area contributed by atoms with Crippen molar-refractivity contribution < 1.29 is 17.1 Å². The molecule has 5 heteroatoms. The Labute approximate surface area is 140 Å². The Morgan fingerprint density at radius 3 is 1.56 bits per heavy atom. The molecule has 0 radical (unpaired) electrons. The molecule has 0 fully saturated rings. The van der Waals surface area contributed by atoms with Gasteiger partial charge in [-0.1, -0.05) is 47.8 Å². The van der Waals surface area contributed by atoms with Gasteiger partial charge >= 0.3 is 0 Å². The summed E-state index contributed by atoms with van der Waals surface area (Å²) in [5.74, 6) is 0. The van der Waals surface area contributed by atoms with Crippen LogP contribution in [-0.4, -0.2) is 0 Å². The van der Waals surface area contributed by atoms with Crippen LogP contribution in [0.4, 0.5) is 0 Å². The van der Waals surface area contributed by atoms with Gasteiger partial charge in [-0.2, -0.15) is 12.1 Å². The topological polar surface area (TPSA) is 0 Å². The van der Waals surface area contributed by atoms with Gasteiger partial charge in [-0.25, -0.2) is 12.1 Å². The Morgan fingerprint density at radius 2 is 1.38 bits per heavy atom. The third-order valence-corrected chi connectivity index (χ3v) is 3.51. The van der Waals surface area contributed by atoms with E-state index < -0.39 is 0 Å². The van der Waals surface area contributed by atoms with Gasteiger partial charge in [0, 0.05) is 17.1 Å². The van der Waals surface area contributed by atoms with Crippen molar-refractivity contribution in [1.82, 2.24) is 0 Å². The van der Waals surface area contributed by atoms with E-state index in [1.807, 2.05) is 48.5 Å². The van der Waals surface area contributed by atoms with Crippen LogP contribution in [0.3, 0.4) is 0 Å². The zero-order valence-corrected chi connectivity index (χ0v) is 15.4. The van der Waals surface area contributed by atoms with Gasteiger partial charge in [0.1, 0.15) is 2.14 Å². The van der Waals surface area contributed by atoms with Crippen LogP contribution in [0, 0.1) is 0 Å². The molecule has 0 saturated carbocycles. The van der Waals surface area contributed by atoms with E-state index in [-0.39, 0.29) is 19.2 Å². The van der Waals surface area contributed by atoms with E-state index in [9.17, 15) is 0 Å². The molecule has 0 bridgehead atoms. The molecule has 0 heterocycles. The van der Waals surface area contributed by atoms with Crippen molar-refractivity contribution in [2.45, 2.75) is 2.14 Å². The first kappa shape index (κ1) is 17.1. The summed E-state index contributed by atoms with van der Waals surface area (Å²) in [4.78, 5) is 0. The van der Waals surface area contributed by atoms with Gasteiger partial charge in [-0.05, 0) is 0 Å². The van der Waals surface area contributed by atoms with Gasteiger partial charge in [0.15, 0.2) is 0 Å². The van der Waals surface area contributed by atoms with Crippen molar-refractivity contribution in [3.8, 4) is 0 Å². The van der Waals surface area contributed by atoms with Crippen LogP contribution in [0.2, 0.25) is 0 Å². The molecule has 0 atom stereocenters. The van der Waals surface area contributed by atoms with Crippen LogP contribution in [0.1, 0.15) is 5.56 Å². The molecule has 0 aromatic heterocycles. The second kappa shape index (κ2) is 8.28. The van der Waals surface area contributed by atoms with Gasteiger partial charge in [0.2, 0.25) is 0 Å². The Hall–Kier alpha value is 1.14. The fraction of sp³-hybridized carbons (Fsp3) is 0.0909. The fourth-order valence-electron chi connectivity index (χ4n) is 0.914. The first-order valence-electron chi connectivity index (χ1n) is 4.16. The molecule has 0 nitrogen and oxygen atoms in total. The number of hydrogen-bond acceptors (Lipinski definition) is 0. The zero-order chi connectivity index (χ0) is 11.3. The van der Waals surface area contributed by atoms with Crippen molar-refractivity contribution in [2.24, 2.45) is 0 Å². The molecule has 0 N–H and O–H groups in total. The molecule has 2 rings (SSSR count). The van der Waals surface area contributed by atoms with Crippen molar-refractivity contribution in [1.29, 1.82) is 0 Å². The molecular weight excluding hydrogens is 508 g/mol. The summed E-state index contributed by atoms with van der Waals surface area (Å²) in [5.41, 5.74) is 1.17. The summed E-state index contributed by atoms with van der Waals surface area (Å²) in [7, 11) is 0. The molecule has 2 aromatic rings. The van der Waals surface area contributed by atoms with Gasteiger partial charge in [0.05, 0.1) is 0 Å². The van der Waals surface area contributed by atoms with Crippen LogP contribution in [-0.2, 0) is 19.2 Å². The Kier molecular flexibility index (Phi) is 8.87. The molecule has 0 saturated heterocycles. The number of halogens is 4. The normalized spacial score (nSPS) is 10.0. The van der Waals surface area contributed by atoms with Crippen molar-refractivity contribution in [3.63, 3.8) is 0 Å². The third-order valence-electron chi connectivity index (χ3n) is 1.61. The summed E-state index contributed by atoms with van der Waals surface area (Å²) in [6.07, 6.45) is 0. The van der Waals surface area contributed by atoms with Gasteiger partial charge < -0.3 is 44.7 Å². The monoisotopic (exact) mass is 512 g/mol. The minimum Gasteiger partial charge on any atom is -0.747 e. The summed E-state index contributed by atoms with van der Waals surface area (Å²) in [6, 6.07) is 16.0. The molecular formula is C11H8Br4Fe-6. The Balaban J connectivity index is 0.000000283. The molecule has 16 heavy (non-hydrogen) atoms. The van der Waals surface area contributed by atoms with Crippen molar-refractivity contribution >= 4 is 63.7 Å². The molecule has 94 valence electrons. The van der Waals surface area contributed by atoms with Gasteiger partial charge in [-0.15, -0.1) is 5.56 Å². The summed E-state index contributed by atoms with van der Waals surface area (Å²) < 4.78 is 0.916. The third kappa shape index (κ3) is 6.77. The first-order valence-corrected chi connectivity index (χ1v) is 7.33. The van der Waals surface area contributed by atoms with Crippen LogP contribution in [0.15, 0.2) is 53.0 Å². The van der Waals surface area contributed by atoms with Gasteiger partial charge in [-0.3, -0.25) is 0 Å². The van der Waals surface area contributed by atoms with E-state index >= 15 is 0 Å². The average Bonchev–Trinajstić information content (AvgIpc) is 2.73. The average molecular weight is 516 g/mol. The van der Waals surface area contributed by atoms with Crippen LogP contribution in [0.5, 0.6) is 0 Å². The molecule has 0 unspecified atom stereocenters. The maximum Gasteiger partial charge on any atom is 0.117 e. The molecule has 2 aromatic carbocycles. The molecule has 0 aliphatic heterocycles. The van der Waals surface area contributed by atoms with Gasteiger partial charge in [0.25, 0.3) is 0 Å². The minimum atomic E-state index is -0.240. The molecule has 0 aliphatic rings. The van der Waals surface area contributed by atoms with E-state index in [2.05, 4.69) is 63.7 Å². The smallest absolute Gasteiger partial charge is 0.117 e. The summed E-state index contributed by atoms with van der Waals surface area (Å²) in [6.45, 7) is 0. The van der Waals surface area contributed by atoms with E-state index in [0.717, 1.165) is 4.47 Å². The van der Waals surface area contributed by atoms with E-state index in [4.69, 9.17) is 0 Å². The van der Waals surface area contributed by atoms with E-state index in [1.165, 1.54) is 5.56 Å². The maximum atomic E-state index is 3.40. The summed E-state index contributed by atoms with van der Waals surface area (Å²) in [5, 5.41) is 0. The quantitative estimate of drug-likeness (QED) is 0.234. The number of rotatable bonds is 0. The van der Waals surface area contributed by atoms with Crippen molar-refractivity contribution in [2.75, 3.05) is 0 Å². The SMILES string of the molecule is BrC(Br)(Br)[c-]1cccc1.Br[c-]1[cH-][cH-][cH-][cH-]1.[Fe]. The Bertz CT molecular complexity index is 359. The molecule has 0 aliphatic carbocycles. The predicted molar refractivity (Wildman–Crippen MR) is 80.2 cm³/mol. The van der Waals surface area contributed by atoms with Crippen molar-refractivity contribution in [3.05, 3.63) is 58.6 Å². The Morgan fingerprint density at radius 1 is 0.938 bits per heavy atom. The second-order valence-electron chi connectivity index (χ2n) is 2.77. The zero-order valence-electron chi connectivity index (χ0n) is 7.98. The first-order chi connectivity index (χ1) is 7.00. The van der Waals surface area contributed by atoms with Crippen LogP contribution in [0.25, 0.3) is 0 Å². The summed E-state index contributed by atoms with van der Waals surface area (Å²) >= 11 is 13.5. The maximum absolute atomic E-state index is 3.40. The van der Waals surface area contributed by atoms with E-state index in [0.29, 0.717) is 0 Å². The van der Waals surface area contributed by atoms with Crippen LogP contribution >= 0.6 is 63.7 Å². The van der Waals surface area contributed by atoms with E-state index in [1.54, 1.807) is 0 Å².